The molecule has 0 saturated heterocycles. The number of hydrogen-bond acceptors (Lipinski definition) is 3. The van der Waals surface area contributed by atoms with Crippen LogP contribution in [0.25, 0.3) is 0 Å². The predicted molar refractivity (Wildman–Crippen MR) is 76.9 cm³/mol. The molecule has 1 unspecified atom stereocenters. The molecule has 0 aromatic rings. The maximum atomic E-state index is 12.0. The summed E-state index contributed by atoms with van der Waals surface area (Å²) in [5.41, 5.74) is 0. The monoisotopic (exact) mass is 278 g/mol. The first-order valence-corrected chi connectivity index (χ1v) is 8.03. The zero-order valence-corrected chi connectivity index (χ0v) is 12.4. The molecule has 1 atom stereocenters. The van der Waals surface area contributed by atoms with Gasteiger partial charge in [0.15, 0.2) is 0 Å². The Morgan fingerprint density at radius 1 is 1.35 bits per heavy atom. The Labute approximate surface area is 121 Å². The van der Waals surface area contributed by atoms with Crippen LogP contribution in [-0.4, -0.2) is 24.7 Å². The topological polar surface area (TPSA) is 62.1 Å². The van der Waals surface area contributed by atoms with Gasteiger partial charge in [0.25, 0.3) is 0 Å². The minimum atomic E-state index is -0.287. The fraction of sp³-hybridized carbons (Fsp3) is 0.875. The first kappa shape index (κ1) is 15.3. The summed E-state index contributed by atoms with van der Waals surface area (Å²) in [5, 5.41) is 12.2. The van der Waals surface area contributed by atoms with E-state index in [0.29, 0.717) is 24.4 Å². The third kappa shape index (κ3) is 4.21. The lowest BCUT2D eigenvalue weighted by molar-refractivity contribution is -0.125. The molecule has 4 nitrogen and oxygen atoms in total. The van der Waals surface area contributed by atoms with E-state index >= 15 is 0 Å². The Bertz CT molecular complexity index is 352. The summed E-state index contributed by atoms with van der Waals surface area (Å²) in [7, 11) is 0. The van der Waals surface area contributed by atoms with Crippen LogP contribution in [0.4, 0.5) is 0 Å². The van der Waals surface area contributed by atoms with E-state index in [0.717, 1.165) is 32.3 Å². The average molecular weight is 278 g/mol. The number of rotatable bonds is 6. The lowest BCUT2D eigenvalue weighted by Crippen LogP contribution is -2.42. The highest BCUT2D eigenvalue weighted by molar-refractivity contribution is 5.77. The summed E-state index contributed by atoms with van der Waals surface area (Å²) in [6.45, 7) is 2.75. The highest BCUT2D eigenvalue weighted by atomic mass is 16.5. The van der Waals surface area contributed by atoms with Crippen LogP contribution < -0.4 is 5.32 Å². The molecule has 0 aromatic heterocycles. The van der Waals surface area contributed by atoms with Crippen molar-refractivity contribution in [2.24, 2.45) is 11.8 Å². The van der Waals surface area contributed by atoms with E-state index in [2.05, 4.69) is 11.4 Å². The maximum absolute atomic E-state index is 12.0. The van der Waals surface area contributed by atoms with E-state index in [9.17, 15) is 10.1 Å². The first-order chi connectivity index (χ1) is 9.72. The van der Waals surface area contributed by atoms with Gasteiger partial charge in [-0.25, -0.2) is 0 Å². The minimum Gasteiger partial charge on any atom is -0.378 e. The van der Waals surface area contributed by atoms with Gasteiger partial charge in [-0.3, -0.25) is 4.79 Å². The standard InChI is InChI=1S/C16H26N2O2/c1-2-20-14-8-12(9-14)10-16(19)18-15(11-17)13-6-4-3-5-7-13/h12-15H,2-10H2,1H3,(H,18,19). The largest absolute Gasteiger partial charge is 0.378 e. The summed E-state index contributed by atoms with van der Waals surface area (Å²) in [6.07, 6.45) is 8.68. The van der Waals surface area contributed by atoms with Gasteiger partial charge in [0.2, 0.25) is 5.91 Å². The van der Waals surface area contributed by atoms with Crippen molar-refractivity contribution >= 4 is 5.91 Å². The Hall–Kier alpha value is -1.08. The van der Waals surface area contributed by atoms with Crippen molar-refractivity contribution in [3.8, 4) is 6.07 Å². The van der Waals surface area contributed by atoms with Crippen LogP contribution in [0.2, 0.25) is 0 Å². The third-order valence-corrected chi connectivity index (χ3v) is 4.65. The molecule has 112 valence electrons. The average Bonchev–Trinajstić information content (AvgIpc) is 2.43. The molecule has 0 radical (unpaired) electrons. The summed E-state index contributed by atoms with van der Waals surface area (Å²) >= 11 is 0. The van der Waals surface area contributed by atoms with Crippen molar-refractivity contribution < 1.29 is 9.53 Å². The van der Waals surface area contributed by atoms with Crippen LogP contribution in [0.5, 0.6) is 0 Å². The summed E-state index contributed by atoms with van der Waals surface area (Å²) in [5.74, 6) is 0.842. The summed E-state index contributed by atoms with van der Waals surface area (Å²) < 4.78 is 5.50. The molecule has 0 heterocycles. The molecule has 20 heavy (non-hydrogen) atoms. The number of nitrogens with one attached hydrogen (secondary N) is 1. The number of amides is 1. The summed E-state index contributed by atoms with van der Waals surface area (Å²) in [6, 6.07) is 2.00. The molecule has 0 aliphatic heterocycles. The van der Waals surface area contributed by atoms with Crippen molar-refractivity contribution in [1.82, 2.24) is 5.32 Å². The van der Waals surface area contributed by atoms with Gasteiger partial charge < -0.3 is 10.1 Å². The van der Waals surface area contributed by atoms with Gasteiger partial charge in [-0.15, -0.1) is 0 Å². The zero-order valence-electron chi connectivity index (χ0n) is 12.4. The Morgan fingerprint density at radius 2 is 2.05 bits per heavy atom. The van der Waals surface area contributed by atoms with E-state index < -0.39 is 0 Å². The molecule has 0 aromatic carbocycles. The van der Waals surface area contributed by atoms with Crippen LogP contribution >= 0.6 is 0 Å². The minimum absolute atomic E-state index is 0.0436. The highest BCUT2D eigenvalue weighted by Gasteiger charge is 2.32. The van der Waals surface area contributed by atoms with Crippen molar-refractivity contribution in [1.29, 1.82) is 5.26 Å². The number of nitrogens with zero attached hydrogens (tertiary/aromatic N) is 1. The van der Waals surface area contributed by atoms with Crippen molar-refractivity contribution in [2.75, 3.05) is 6.61 Å². The number of hydrogen-bond donors (Lipinski definition) is 1. The van der Waals surface area contributed by atoms with Gasteiger partial charge in [-0.05, 0) is 44.4 Å². The lowest BCUT2D eigenvalue weighted by Gasteiger charge is -2.35. The van der Waals surface area contributed by atoms with Crippen molar-refractivity contribution in [3.05, 3.63) is 0 Å². The van der Waals surface area contributed by atoms with E-state index in [1.54, 1.807) is 0 Å². The van der Waals surface area contributed by atoms with Gasteiger partial charge in [0.05, 0.1) is 12.2 Å². The molecule has 1 amide bonds. The molecule has 2 fully saturated rings. The van der Waals surface area contributed by atoms with Crippen LogP contribution in [0.1, 0.15) is 58.3 Å². The molecule has 2 aliphatic rings. The Balaban J connectivity index is 1.69. The Morgan fingerprint density at radius 3 is 2.65 bits per heavy atom. The number of nitriles is 1. The SMILES string of the molecule is CCOC1CC(CC(=O)NC(C#N)C2CCCCC2)C1. The molecule has 2 aliphatic carbocycles. The van der Waals surface area contributed by atoms with Crippen LogP contribution in [0.15, 0.2) is 0 Å². The van der Waals surface area contributed by atoms with E-state index in [1.165, 1.54) is 19.3 Å². The maximum Gasteiger partial charge on any atom is 0.221 e. The number of carbonyl (C=O) groups excluding carboxylic acids is 1. The Kier molecular flexibility index (Phi) is 5.85. The second-order valence-electron chi connectivity index (χ2n) is 6.19. The molecule has 4 heteroatoms. The molecule has 2 saturated carbocycles. The number of ether oxygens (including phenoxy) is 1. The molecule has 0 bridgehead atoms. The van der Waals surface area contributed by atoms with Gasteiger partial charge in [-0.1, -0.05) is 19.3 Å². The number of carbonyl (C=O) groups is 1. The van der Waals surface area contributed by atoms with Crippen molar-refractivity contribution in [3.63, 3.8) is 0 Å². The molecule has 0 spiro atoms. The molecule has 1 N–H and O–H groups in total. The van der Waals surface area contributed by atoms with Gasteiger partial charge in [0, 0.05) is 13.0 Å². The first-order valence-electron chi connectivity index (χ1n) is 8.03. The highest BCUT2D eigenvalue weighted by Crippen LogP contribution is 2.33. The normalized spacial score (nSPS) is 28.2. The van der Waals surface area contributed by atoms with E-state index in [-0.39, 0.29) is 11.9 Å². The molecule has 2 rings (SSSR count). The smallest absolute Gasteiger partial charge is 0.221 e. The fourth-order valence-electron chi connectivity index (χ4n) is 3.43. The lowest BCUT2D eigenvalue weighted by atomic mass is 9.79. The summed E-state index contributed by atoms with van der Waals surface area (Å²) in [4.78, 5) is 12.0. The quantitative estimate of drug-likeness (QED) is 0.812. The fourth-order valence-corrected chi connectivity index (χ4v) is 3.43. The van der Waals surface area contributed by atoms with Gasteiger partial charge in [-0.2, -0.15) is 5.26 Å². The second-order valence-corrected chi connectivity index (χ2v) is 6.19. The van der Waals surface area contributed by atoms with Crippen molar-refractivity contribution in [2.45, 2.75) is 70.4 Å². The zero-order chi connectivity index (χ0) is 14.4. The third-order valence-electron chi connectivity index (χ3n) is 4.65. The second kappa shape index (κ2) is 7.64. The van der Waals surface area contributed by atoms with E-state index in [4.69, 9.17) is 4.74 Å². The predicted octanol–water partition coefficient (Wildman–Crippen LogP) is 2.78. The van der Waals surface area contributed by atoms with Crippen LogP contribution in [0, 0.1) is 23.2 Å². The molecular weight excluding hydrogens is 252 g/mol. The van der Waals surface area contributed by atoms with Crippen LogP contribution in [0.3, 0.4) is 0 Å². The van der Waals surface area contributed by atoms with Gasteiger partial charge in [0.1, 0.15) is 6.04 Å². The molecular formula is C16H26N2O2. The van der Waals surface area contributed by atoms with Gasteiger partial charge >= 0.3 is 0 Å². The van der Waals surface area contributed by atoms with E-state index in [1.807, 2.05) is 6.92 Å². The van der Waals surface area contributed by atoms with Crippen LogP contribution in [-0.2, 0) is 9.53 Å².